The number of pyridine rings is 1. The number of rotatable bonds is 8. The van der Waals surface area contributed by atoms with Gasteiger partial charge in [0.05, 0.1) is 19.4 Å². The fraction of sp³-hybridized carbons (Fsp3) is 0.391. The van der Waals surface area contributed by atoms with E-state index in [1.54, 1.807) is 31.6 Å². The molecule has 31 heavy (non-hydrogen) atoms. The first-order chi connectivity index (χ1) is 15.0. The van der Waals surface area contributed by atoms with Crippen molar-refractivity contribution >= 4 is 23.3 Å². The van der Waals surface area contributed by atoms with E-state index in [4.69, 9.17) is 21.1 Å². The number of anilines is 1. The molecule has 0 bridgehead atoms. The van der Waals surface area contributed by atoms with Crippen LogP contribution in [0.5, 0.6) is 5.75 Å². The number of aryl methyl sites for hydroxylation is 1. The van der Waals surface area contributed by atoms with Crippen LogP contribution in [0.2, 0.25) is 5.02 Å². The highest BCUT2D eigenvalue weighted by Crippen LogP contribution is 2.60. The zero-order chi connectivity index (χ0) is 21.8. The molecule has 0 saturated heterocycles. The van der Waals surface area contributed by atoms with E-state index in [1.165, 1.54) is 0 Å². The normalized spacial score (nSPS) is 24.1. The van der Waals surface area contributed by atoms with Gasteiger partial charge in [-0.05, 0) is 37.8 Å². The van der Waals surface area contributed by atoms with Gasteiger partial charge in [-0.15, -0.1) is 0 Å². The first kappa shape index (κ1) is 21.5. The molecule has 0 radical (unpaired) electrons. The average Bonchev–Trinajstić information content (AvgIpc) is 3.50. The van der Waals surface area contributed by atoms with Crippen molar-refractivity contribution in [2.75, 3.05) is 19.0 Å². The van der Waals surface area contributed by atoms with Gasteiger partial charge in [-0.2, -0.15) is 0 Å². The van der Waals surface area contributed by atoms with E-state index in [9.17, 15) is 4.79 Å². The highest BCUT2D eigenvalue weighted by molar-refractivity contribution is 6.30. The quantitative estimate of drug-likeness (QED) is 0.664. The van der Waals surface area contributed by atoms with Crippen molar-refractivity contribution in [2.45, 2.75) is 26.4 Å². The summed E-state index contributed by atoms with van der Waals surface area (Å²) >= 11 is 6.02. The molecule has 2 heterocycles. The minimum absolute atomic E-state index is 0.0707. The summed E-state index contributed by atoms with van der Waals surface area (Å²) in [6, 6.07) is 3.32. The number of hydrogen-bond donors (Lipinski definition) is 1. The average molecular weight is 441 g/mol. The van der Waals surface area contributed by atoms with Crippen LogP contribution in [-0.4, -0.2) is 34.6 Å². The Morgan fingerprint density at radius 1 is 1.35 bits per heavy atom. The van der Waals surface area contributed by atoms with E-state index < -0.39 is 0 Å². The smallest absolute Gasteiger partial charge is 0.229 e. The van der Waals surface area contributed by atoms with Crippen LogP contribution >= 0.6 is 11.6 Å². The summed E-state index contributed by atoms with van der Waals surface area (Å²) in [7, 11) is 1.62. The van der Waals surface area contributed by atoms with Gasteiger partial charge < -0.3 is 14.8 Å². The Hall–Kier alpha value is -2.77. The SMILES string of the molecule is COCc1nc(C)ncc1OC[C@@]1(C2C=CC=CC2)C[C@H]1C(=O)Nc1cc(Cl)ccn1. The first-order valence-corrected chi connectivity index (χ1v) is 10.6. The molecule has 4 rings (SSSR count). The Morgan fingerprint density at radius 3 is 2.97 bits per heavy atom. The van der Waals surface area contributed by atoms with Crippen molar-refractivity contribution in [2.24, 2.45) is 17.3 Å². The van der Waals surface area contributed by atoms with Crippen molar-refractivity contribution in [3.63, 3.8) is 0 Å². The lowest BCUT2D eigenvalue weighted by atomic mass is 9.82. The molecule has 0 aliphatic heterocycles. The maximum atomic E-state index is 13.0. The van der Waals surface area contributed by atoms with E-state index in [2.05, 4.69) is 32.4 Å². The second-order valence-corrected chi connectivity index (χ2v) is 8.38. The number of halogens is 1. The first-order valence-electron chi connectivity index (χ1n) is 10.2. The van der Waals surface area contributed by atoms with Crippen molar-refractivity contribution in [3.05, 3.63) is 65.4 Å². The summed E-state index contributed by atoms with van der Waals surface area (Å²) in [4.78, 5) is 25.9. The highest BCUT2D eigenvalue weighted by Gasteiger charge is 2.62. The van der Waals surface area contributed by atoms with Crippen molar-refractivity contribution in [3.8, 4) is 5.75 Å². The summed E-state index contributed by atoms with van der Waals surface area (Å²) in [5.41, 5.74) is 0.396. The van der Waals surface area contributed by atoms with E-state index >= 15 is 0 Å². The molecule has 0 spiro atoms. The lowest BCUT2D eigenvalue weighted by Crippen LogP contribution is -2.29. The molecule has 1 fully saturated rings. The summed E-state index contributed by atoms with van der Waals surface area (Å²) in [5.74, 6) is 1.65. The van der Waals surface area contributed by atoms with Gasteiger partial charge >= 0.3 is 0 Å². The lowest BCUT2D eigenvalue weighted by Gasteiger charge is -2.26. The fourth-order valence-electron chi connectivity index (χ4n) is 4.12. The van der Waals surface area contributed by atoms with Crippen molar-refractivity contribution in [1.29, 1.82) is 0 Å². The molecule has 2 aliphatic carbocycles. The minimum Gasteiger partial charge on any atom is -0.489 e. The molecule has 162 valence electrons. The van der Waals surface area contributed by atoms with Gasteiger partial charge in [-0.1, -0.05) is 35.9 Å². The third-order valence-corrected chi connectivity index (χ3v) is 6.09. The van der Waals surface area contributed by atoms with Gasteiger partial charge in [0, 0.05) is 29.7 Å². The van der Waals surface area contributed by atoms with Crippen LogP contribution in [0.3, 0.4) is 0 Å². The molecule has 2 aromatic rings. The highest BCUT2D eigenvalue weighted by atomic mass is 35.5. The van der Waals surface area contributed by atoms with Crippen LogP contribution in [0, 0.1) is 24.2 Å². The number of nitrogens with one attached hydrogen (secondary N) is 1. The predicted octanol–water partition coefficient (Wildman–Crippen LogP) is 4.14. The standard InChI is InChI=1S/C23H25ClN4O3/c1-15-26-12-20(19(27-15)13-30-2)31-14-23(16-6-4-3-5-7-16)11-18(23)22(29)28-21-10-17(24)8-9-25-21/h3-6,8-10,12,16,18H,7,11,13-14H2,1-2H3,(H,25,28,29)/t16?,18-,23+/m0/s1. The Bertz CT molecular complexity index is 1030. The Morgan fingerprint density at radius 2 is 2.23 bits per heavy atom. The van der Waals surface area contributed by atoms with Crippen molar-refractivity contribution in [1.82, 2.24) is 15.0 Å². The zero-order valence-electron chi connectivity index (χ0n) is 17.5. The molecule has 1 saturated carbocycles. The molecule has 0 aromatic carbocycles. The van der Waals surface area contributed by atoms with Gasteiger partial charge in [0.2, 0.25) is 5.91 Å². The molecule has 3 atom stereocenters. The molecular formula is C23H25ClN4O3. The number of carbonyl (C=O) groups excluding carboxylic acids is 1. The molecule has 8 heteroatoms. The largest absolute Gasteiger partial charge is 0.489 e. The number of amides is 1. The number of aromatic nitrogens is 3. The maximum Gasteiger partial charge on any atom is 0.229 e. The Kier molecular flexibility index (Phi) is 6.34. The van der Waals surface area contributed by atoms with Gasteiger partial charge in [0.1, 0.15) is 17.3 Å². The number of carbonyl (C=O) groups is 1. The maximum absolute atomic E-state index is 13.0. The summed E-state index contributed by atoms with van der Waals surface area (Å²) in [5, 5.41) is 3.43. The summed E-state index contributed by atoms with van der Waals surface area (Å²) in [6.45, 7) is 2.55. The molecule has 1 amide bonds. The fourth-order valence-corrected chi connectivity index (χ4v) is 4.28. The van der Waals surface area contributed by atoms with Crippen LogP contribution in [0.4, 0.5) is 5.82 Å². The number of methoxy groups -OCH3 is 1. The van der Waals surface area contributed by atoms with Crippen LogP contribution in [0.25, 0.3) is 0 Å². The topological polar surface area (TPSA) is 86.2 Å². The van der Waals surface area contributed by atoms with Gasteiger partial charge in [0.15, 0.2) is 5.75 Å². The number of ether oxygens (including phenoxy) is 2. The Balaban J connectivity index is 1.52. The van der Waals surface area contributed by atoms with Crippen LogP contribution in [0.15, 0.2) is 48.8 Å². The zero-order valence-corrected chi connectivity index (χ0v) is 18.3. The van der Waals surface area contributed by atoms with E-state index in [0.717, 1.165) is 12.8 Å². The third kappa shape index (κ3) is 4.78. The minimum atomic E-state index is -0.306. The molecular weight excluding hydrogens is 416 g/mol. The number of hydrogen-bond acceptors (Lipinski definition) is 6. The third-order valence-electron chi connectivity index (χ3n) is 5.85. The molecule has 1 N–H and O–H groups in total. The number of allylic oxidation sites excluding steroid dienone is 4. The monoisotopic (exact) mass is 440 g/mol. The predicted molar refractivity (Wildman–Crippen MR) is 118 cm³/mol. The molecule has 2 aliphatic rings. The molecule has 1 unspecified atom stereocenters. The second kappa shape index (κ2) is 9.16. The van der Waals surface area contributed by atoms with Crippen LogP contribution in [-0.2, 0) is 16.1 Å². The van der Waals surface area contributed by atoms with E-state index in [1.807, 2.05) is 19.1 Å². The van der Waals surface area contributed by atoms with Gasteiger partial charge in [0.25, 0.3) is 0 Å². The Labute approximate surface area is 186 Å². The van der Waals surface area contributed by atoms with E-state index in [-0.39, 0.29) is 23.2 Å². The molecule has 7 nitrogen and oxygen atoms in total. The van der Waals surface area contributed by atoms with E-state index in [0.29, 0.717) is 41.3 Å². The van der Waals surface area contributed by atoms with Crippen LogP contribution < -0.4 is 10.1 Å². The van der Waals surface area contributed by atoms with Crippen LogP contribution in [0.1, 0.15) is 24.4 Å². The molecule has 2 aromatic heterocycles. The van der Waals surface area contributed by atoms with Crippen molar-refractivity contribution < 1.29 is 14.3 Å². The van der Waals surface area contributed by atoms with Gasteiger partial charge in [-0.25, -0.2) is 15.0 Å². The van der Waals surface area contributed by atoms with Gasteiger partial charge in [-0.3, -0.25) is 4.79 Å². The summed E-state index contributed by atoms with van der Waals surface area (Å²) in [6.07, 6.45) is 13.2. The number of nitrogens with zero attached hydrogens (tertiary/aromatic N) is 3. The second-order valence-electron chi connectivity index (χ2n) is 7.94. The summed E-state index contributed by atoms with van der Waals surface area (Å²) < 4.78 is 11.4. The lowest BCUT2D eigenvalue weighted by molar-refractivity contribution is -0.118.